The van der Waals surface area contributed by atoms with Crippen molar-refractivity contribution in [3.05, 3.63) is 106 Å². The summed E-state index contributed by atoms with van der Waals surface area (Å²) in [6, 6.07) is 1.85. The molecule has 45 heavy (non-hydrogen) atoms. The van der Waals surface area contributed by atoms with Crippen molar-refractivity contribution in [2.45, 2.75) is 49.6 Å². The SMILES string of the molecule is COc1cc(=O)c2c(=O)c3c(c(=O)c=2c1=O)=C(O)C1(CCc2c1c(O)c1c(=O)[nH]c(C(O)C(O)C(O)C(C)O)cc1c2Cl)C=3O. The summed E-state index contributed by atoms with van der Waals surface area (Å²) in [5, 5.41) is 71.1. The number of nitrogens with one attached hydrogen (secondary N) is 1. The topological polar surface area (TPSA) is 252 Å². The number of fused-ring (bicyclic) bond motifs is 4. The van der Waals surface area contributed by atoms with Crippen molar-refractivity contribution in [1.82, 2.24) is 4.98 Å². The van der Waals surface area contributed by atoms with Gasteiger partial charge in [0.1, 0.15) is 41.0 Å². The molecule has 0 aliphatic heterocycles. The van der Waals surface area contributed by atoms with Gasteiger partial charge in [-0.05, 0) is 31.4 Å². The van der Waals surface area contributed by atoms with Gasteiger partial charge in [-0.2, -0.15) is 0 Å². The van der Waals surface area contributed by atoms with Gasteiger partial charge in [0.2, 0.25) is 16.3 Å². The number of halogens is 1. The molecule has 4 aliphatic rings. The van der Waals surface area contributed by atoms with Crippen LogP contribution in [0.2, 0.25) is 5.02 Å². The van der Waals surface area contributed by atoms with E-state index < -0.39 is 106 Å². The van der Waals surface area contributed by atoms with E-state index in [-0.39, 0.29) is 40.1 Å². The summed E-state index contributed by atoms with van der Waals surface area (Å²) in [4.78, 5) is 68.5. The number of aliphatic hydroxyl groups excluding tert-OH is 6. The number of H-pyrrole nitrogens is 1. The molecule has 1 spiro atoms. The summed E-state index contributed by atoms with van der Waals surface area (Å²) in [5.41, 5.74) is -8.32. The first-order chi connectivity index (χ1) is 21.1. The number of aromatic hydroxyl groups is 1. The lowest BCUT2D eigenvalue weighted by molar-refractivity contribution is -0.102. The molecule has 14 nitrogen and oxygen atoms in total. The molecule has 1 aromatic heterocycles. The molecular weight excluding hydrogens is 618 g/mol. The predicted octanol–water partition coefficient (Wildman–Crippen LogP) is -2.70. The van der Waals surface area contributed by atoms with E-state index in [4.69, 9.17) is 16.3 Å². The molecule has 4 aliphatic carbocycles. The second-order valence-corrected chi connectivity index (χ2v) is 11.6. The number of phenols is 1. The Kier molecular flexibility index (Phi) is 6.73. The van der Waals surface area contributed by atoms with E-state index in [1.807, 2.05) is 0 Å². The second-order valence-electron chi connectivity index (χ2n) is 11.2. The smallest absolute Gasteiger partial charge is 0.259 e. The van der Waals surface area contributed by atoms with Crippen LogP contribution in [0, 0.1) is 10.4 Å². The van der Waals surface area contributed by atoms with Gasteiger partial charge in [-0.3, -0.25) is 24.0 Å². The second kappa shape index (κ2) is 9.95. The number of ether oxygens (including phenoxy) is 1. The van der Waals surface area contributed by atoms with Gasteiger partial charge < -0.3 is 45.5 Å². The molecule has 5 unspecified atom stereocenters. The molecule has 5 atom stereocenters. The predicted molar refractivity (Wildman–Crippen MR) is 157 cm³/mol. The molecule has 0 saturated carbocycles. The third-order valence-corrected chi connectivity index (χ3v) is 9.30. The highest BCUT2D eigenvalue weighted by molar-refractivity contribution is 6.37. The Hall–Kier alpha value is -4.60. The van der Waals surface area contributed by atoms with Crippen LogP contribution in [-0.4, -0.2) is 66.2 Å². The fourth-order valence-corrected chi connectivity index (χ4v) is 6.97. The highest BCUT2D eigenvalue weighted by atomic mass is 35.5. The number of pyridine rings is 1. The average molecular weight is 642 g/mol. The van der Waals surface area contributed by atoms with Crippen molar-refractivity contribution in [1.29, 1.82) is 0 Å². The molecule has 234 valence electrons. The van der Waals surface area contributed by atoms with Crippen LogP contribution in [0.4, 0.5) is 0 Å². The van der Waals surface area contributed by atoms with E-state index in [1.165, 1.54) is 6.92 Å². The van der Waals surface area contributed by atoms with Crippen LogP contribution in [-0.2, 0) is 11.8 Å². The van der Waals surface area contributed by atoms with Crippen LogP contribution in [0.25, 0.3) is 22.3 Å². The lowest BCUT2D eigenvalue weighted by atomic mass is 9.78. The first-order valence-electron chi connectivity index (χ1n) is 13.5. The molecule has 0 amide bonds. The fourth-order valence-electron chi connectivity index (χ4n) is 6.63. The standard InChI is InChI=1S/C30H24ClNO13/c1-7(33)20(35)26(41)21(36)10-5-9-13(29(44)32-10)25(40)18-8(19(9)31)3-4-30(18)27(42)16-17(28(30)43)24(39)15-14(23(16)38)11(34)6-12(45-2)22(15)37/h5-7,20-21,26,33,35-36,40-43H,3-4H2,1-2H3,(H,32,44). The molecule has 1 heterocycles. The summed E-state index contributed by atoms with van der Waals surface area (Å²) >= 11 is 6.69. The van der Waals surface area contributed by atoms with E-state index in [2.05, 4.69) is 4.98 Å². The van der Waals surface area contributed by atoms with Gasteiger partial charge in [0.05, 0.1) is 50.2 Å². The van der Waals surface area contributed by atoms with Crippen molar-refractivity contribution >= 4 is 33.9 Å². The van der Waals surface area contributed by atoms with Crippen LogP contribution in [0.15, 0.2) is 36.1 Å². The number of aliphatic hydroxyl groups is 6. The minimum atomic E-state index is -2.17. The summed E-state index contributed by atoms with van der Waals surface area (Å²) in [6.45, 7) is 1.17. The minimum Gasteiger partial charge on any atom is -0.510 e. The van der Waals surface area contributed by atoms with Crippen molar-refractivity contribution < 1.29 is 40.5 Å². The Balaban J connectivity index is 1.69. The molecule has 6 rings (SSSR count). The molecule has 15 heteroatoms. The zero-order chi connectivity index (χ0) is 33.0. The summed E-state index contributed by atoms with van der Waals surface area (Å²) in [5.74, 6) is -3.12. The van der Waals surface area contributed by atoms with Gasteiger partial charge >= 0.3 is 0 Å². The number of phenolic OH excluding ortho intramolecular Hbond substituents is 1. The number of hydrogen-bond acceptors (Lipinski definition) is 13. The highest BCUT2D eigenvalue weighted by Crippen LogP contribution is 2.56. The quantitative estimate of drug-likeness (QED) is 0.111. The lowest BCUT2D eigenvalue weighted by Crippen LogP contribution is -2.51. The minimum absolute atomic E-state index is 0.0864. The van der Waals surface area contributed by atoms with E-state index in [0.29, 0.717) is 0 Å². The van der Waals surface area contributed by atoms with Crippen molar-refractivity contribution in [2.75, 3.05) is 7.11 Å². The lowest BCUT2D eigenvalue weighted by Gasteiger charge is -2.28. The summed E-state index contributed by atoms with van der Waals surface area (Å²) < 4.78 is 4.86. The maximum absolute atomic E-state index is 13.6. The van der Waals surface area contributed by atoms with E-state index in [0.717, 1.165) is 19.2 Å². The molecule has 0 saturated heterocycles. The molecule has 1 aromatic carbocycles. The number of aromatic nitrogens is 1. The third kappa shape index (κ3) is 3.74. The van der Waals surface area contributed by atoms with Crippen molar-refractivity contribution in [3.8, 4) is 11.5 Å². The Morgan fingerprint density at radius 3 is 2.04 bits per heavy atom. The maximum Gasteiger partial charge on any atom is 0.259 e. The molecule has 2 aromatic rings. The van der Waals surface area contributed by atoms with Gasteiger partial charge in [-0.1, -0.05) is 11.6 Å². The maximum atomic E-state index is 13.6. The summed E-state index contributed by atoms with van der Waals surface area (Å²) in [7, 11) is 1.08. The fraction of sp³-hybridized carbons (Fsp3) is 0.300. The molecule has 0 bridgehead atoms. The van der Waals surface area contributed by atoms with E-state index in [9.17, 15) is 59.7 Å². The number of methoxy groups -OCH3 is 1. The average Bonchev–Trinajstić information content (AvgIpc) is 3.51. The van der Waals surface area contributed by atoms with Crippen LogP contribution < -0.4 is 42.4 Å². The zero-order valence-corrected chi connectivity index (χ0v) is 24.1. The van der Waals surface area contributed by atoms with Gasteiger partial charge in [-0.25, -0.2) is 0 Å². The number of rotatable bonds is 5. The Labute approximate surface area is 253 Å². The monoisotopic (exact) mass is 641 g/mol. The van der Waals surface area contributed by atoms with Gasteiger partial charge in [0.25, 0.3) is 5.56 Å². The molecular formula is C30H24ClNO13. The van der Waals surface area contributed by atoms with Crippen molar-refractivity contribution in [3.63, 3.8) is 0 Å². The number of hydrogen-bond donors (Lipinski definition) is 8. The largest absolute Gasteiger partial charge is 0.510 e. The number of aromatic amines is 1. The first-order valence-corrected chi connectivity index (χ1v) is 13.9. The van der Waals surface area contributed by atoms with Gasteiger partial charge in [0.15, 0.2) is 11.2 Å². The molecule has 0 fully saturated rings. The highest BCUT2D eigenvalue weighted by Gasteiger charge is 2.54. The molecule has 0 radical (unpaired) electrons. The van der Waals surface area contributed by atoms with Crippen molar-refractivity contribution in [2.24, 2.45) is 0 Å². The first kappa shape index (κ1) is 30.4. The van der Waals surface area contributed by atoms with Crippen LogP contribution in [0.5, 0.6) is 11.5 Å². The van der Waals surface area contributed by atoms with Gasteiger partial charge in [0, 0.05) is 17.0 Å². The van der Waals surface area contributed by atoms with E-state index >= 15 is 0 Å². The van der Waals surface area contributed by atoms with Crippen LogP contribution in [0.1, 0.15) is 36.3 Å². The van der Waals surface area contributed by atoms with E-state index in [1.54, 1.807) is 0 Å². The number of benzene rings is 1. The summed E-state index contributed by atoms with van der Waals surface area (Å²) in [6.07, 6.45) is -7.48. The molecule has 8 N–H and O–H groups in total. The third-order valence-electron chi connectivity index (χ3n) is 8.86. The van der Waals surface area contributed by atoms with Crippen LogP contribution >= 0.6 is 11.6 Å². The van der Waals surface area contributed by atoms with Crippen LogP contribution in [0.3, 0.4) is 0 Å². The van der Waals surface area contributed by atoms with Gasteiger partial charge in [-0.15, -0.1) is 0 Å². The normalized spacial score (nSPS) is 20.1. The Morgan fingerprint density at radius 2 is 1.47 bits per heavy atom. The Bertz CT molecular complexity index is 2460. The Morgan fingerprint density at radius 1 is 0.867 bits per heavy atom. The zero-order valence-electron chi connectivity index (χ0n) is 23.3.